The second kappa shape index (κ2) is 4.11. The van der Waals surface area contributed by atoms with E-state index in [1.165, 1.54) is 11.3 Å². The summed E-state index contributed by atoms with van der Waals surface area (Å²) in [6.45, 7) is 3.81. The van der Waals surface area contributed by atoms with Crippen LogP contribution >= 0.6 is 0 Å². The molecule has 1 saturated heterocycles. The first-order valence-electron chi connectivity index (χ1n) is 5.35. The summed E-state index contributed by atoms with van der Waals surface area (Å²) in [6.07, 6.45) is 1.11. The fraction of sp³-hybridized carbons (Fsp3) is 0.500. The molecule has 0 spiro atoms. The van der Waals surface area contributed by atoms with E-state index in [-0.39, 0.29) is 0 Å². The molecular formula is C12H18N2O. The van der Waals surface area contributed by atoms with Crippen molar-refractivity contribution in [2.45, 2.75) is 19.4 Å². The van der Waals surface area contributed by atoms with Crippen LogP contribution in [0, 0.1) is 6.92 Å². The second-order valence-corrected chi connectivity index (χ2v) is 4.17. The Bertz CT molecular complexity index is 345. The Labute approximate surface area is 90.8 Å². The highest BCUT2D eigenvalue weighted by Crippen LogP contribution is 2.25. The molecule has 1 fully saturated rings. The highest BCUT2D eigenvalue weighted by Gasteiger charge is 2.21. The number of benzene rings is 1. The summed E-state index contributed by atoms with van der Waals surface area (Å²) in [5.74, 6) is 0. The molecule has 3 nitrogen and oxygen atoms in total. The van der Waals surface area contributed by atoms with Crippen molar-refractivity contribution in [3.63, 3.8) is 0 Å². The van der Waals surface area contributed by atoms with E-state index in [2.05, 4.69) is 24.9 Å². The highest BCUT2D eigenvalue weighted by molar-refractivity contribution is 5.59. The molecule has 1 aliphatic heterocycles. The van der Waals surface area contributed by atoms with Crippen LogP contribution in [0.3, 0.4) is 0 Å². The van der Waals surface area contributed by atoms with Crippen molar-refractivity contribution in [2.75, 3.05) is 30.9 Å². The number of likely N-dealkylation sites (N-methyl/N-ethyl adjacent to an activating group) is 1. The predicted molar refractivity (Wildman–Crippen MR) is 63.2 cm³/mol. The molecular weight excluding hydrogens is 188 g/mol. The third-order valence-corrected chi connectivity index (χ3v) is 3.05. The van der Waals surface area contributed by atoms with Crippen molar-refractivity contribution in [1.82, 2.24) is 0 Å². The third-order valence-electron chi connectivity index (χ3n) is 3.05. The van der Waals surface area contributed by atoms with Crippen molar-refractivity contribution in [3.8, 4) is 0 Å². The van der Waals surface area contributed by atoms with Gasteiger partial charge in [-0.2, -0.15) is 0 Å². The van der Waals surface area contributed by atoms with E-state index in [9.17, 15) is 0 Å². The molecule has 1 atom stereocenters. The maximum absolute atomic E-state index is 5.74. The van der Waals surface area contributed by atoms with E-state index in [1.807, 2.05) is 12.1 Å². The fourth-order valence-electron chi connectivity index (χ4n) is 2.10. The molecule has 2 rings (SSSR count). The van der Waals surface area contributed by atoms with Crippen molar-refractivity contribution < 1.29 is 4.74 Å². The zero-order valence-electron chi connectivity index (χ0n) is 9.36. The molecule has 3 heteroatoms. The van der Waals surface area contributed by atoms with Crippen LogP contribution < -0.4 is 10.6 Å². The van der Waals surface area contributed by atoms with Crippen LogP contribution in [-0.2, 0) is 4.74 Å². The normalized spacial score (nSPS) is 20.5. The number of nitrogen functional groups attached to an aromatic ring is 1. The molecule has 1 heterocycles. The molecule has 0 radical (unpaired) electrons. The molecule has 0 aromatic heterocycles. The maximum Gasteiger partial charge on any atom is 0.0670 e. The first-order valence-corrected chi connectivity index (χ1v) is 5.35. The van der Waals surface area contributed by atoms with Gasteiger partial charge in [0, 0.05) is 25.0 Å². The zero-order chi connectivity index (χ0) is 10.8. The van der Waals surface area contributed by atoms with E-state index in [1.54, 1.807) is 0 Å². The summed E-state index contributed by atoms with van der Waals surface area (Å²) in [7, 11) is 2.12. The van der Waals surface area contributed by atoms with E-state index < -0.39 is 0 Å². The monoisotopic (exact) mass is 206 g/mol. The lowest BCUT2D eigenvalue weighted by atomic mass is 10.1. The number of aryl methyl sites for hydroxylation is 1. The summed E-state index contributed by atoms with van der Waals surface area (Å²) >= 11 is 0. The molecule has 1 unspecified atom stereocenters. The summed E-state index contributed by atoms with van der Waals surface area (Å²) in [4.78, 5) is 2.29. The van der Waals surface area contributed by atoms with Crippen molar-refractivity contribution in [3.05, 3.63) is 23.8 Å². The molecule has 2 N–H and O–H groups in total. The standard InChI is InChI=1S/C12H18N2O/c1-9-7-10(13)3-4-12(9)14(2)11-5-6-15-8-11/h3-4,7,11H,5-6,8,13H2,1-2H3. The Kier molecular flexibility index (Phi) is 2.82. The maximum atomic E-state index is 5.74. The van der Waals surface area contributed by atoms with Gasteiger partial charge in [-0.05, 0) is 37.1 Å². The van der Waals surface area contributed by atoms with E-state index in [0.717, 1.165) is 25.3 Å². The van der Waals surface area contributed by atoms with Crippen LogP contribution in [0.2, 0.25) is 0 Å². The largest absolute Gasteiger partial charge is 0.399 e. The second-order valence-electron chi connectivity index (χ2n) is 4.17. The Morgan fingerprint density at radius 3 is 2.87 bits per heavy atom. The number of nitrogens with two attached hydrogens (primary N) is 1. The van der Waals surface area contributed by atoms with Crippen molar-refractivity contribution in [2.24, 2.45) is 0 Å². The van der Waals surface area contributed by atoms with E-state index in [0.29, 0.717) is 6.04 Å². The van der Waals surface area contributed by atoms with Gasteiger partial charge in [-0.3, -0.25) is 0 Å². The molecule has 0 bridgehead atoms. The first-order chi connectivity index (χ1) is 7.18. The molecule has 0 amide bonds. The Morgan fingerprint density at radius 2 is 2.27 bits per heavy atom. The van der Waals surface area contributed by atoms with Gasteiger partial charge in [0.1, 0.15) is 0 Å². The van der Waals surface area contributed by atoms with Gasteiger partial charge in [-0.15, -0.1) is 0 Å². The third kappa shape index (κ3) is 2.07. The average Bonchev–Trinajstić information content (AvgIpc) is 2.69. The predicted octanol–water partition coefficient (Wildman–Crippen LogP) is 1.80. The molecule has 1 aromatic carbocycles. The zero-order valence-corrected chi connectivity index (χ0v) is 9.36. The quantitative estimate of drug-likeness (QED) is 0.750. The fourth-order valence-corrected chi connectivity index (χ4v) is 2.10. The molecule has 82 valence electrons. The molecule has 0 aliphatic carbocycles. The topological polar surface area (TPSA) is 38.5 Å². The van der Waals surface area contributed by atoms with Crippen LogP contribution in [0.1, 0.15) is 12.0 Å². The van der Waals surface area contributed by atoms with Gasteiger partial charge < -0.3 is 15.4 Å². The Morgan fingerprint density at radius 1 is 1.47 bits per heavy atom. The van der Waals surface area contributed by atoms with Crippen molar-refractivity contribution in [1.29, 1.82) is 0 Å². The molecule has 0 saturated carbocycles. The van der Waals surface area contributed by atoms with Gasteiger partial charge >= 0.3 is 0 Å². The number of ether oxygens (including phenoxy) is 1. The van der Waals surface area contributed by atoms with Crippen molar-refractivity contribution >= 4 is 11.4 Å². The summed E-state index contributed by atoms with van der Waals surface area (Å²) < 4.78 is 5.40. The summed E-state index contributed by atoms with van der Waals surface area (Å²) in [5, 5.41) is 0. The number of hydrogen-bond donors (Lipinski definition) is 1. The summed E-state index contributed by atoms with van der Waals surface area (Å²) in [6, 6.07) is 6.56. The van der Waals surface area contributed by atoms with Crippen LogP contribution in [0.5, 0.6) is 0 Å². The van der Waals surface area contributed by atoms with Crippen LogP contribution in [-0.4, -0.2) is 26.3 Å². The lowest BCUT2D eigenvalue weighted by Crippen LogP contribution is -2.32. The van der Waals surface area contributed by atoms with Crippen LogP contribution in [0.25, 0.3) is 0 Å². The molecule has 15 heavy (non-hydrogen) atoms. The summed E-state index contributed by atoms with van der Waals surface area (Å²) in [5.41, 5.74) is 9.04. The molecule has 1 aromatic rings. The highest BCUT2D eigenvalue weighted by atomic mass is 16.5. The lowest BCUT2D eigenvalue weighted by molar-refractivity contribution is 0.193. The Hall–Kier alpha value is -1.22. The van der Waals surface area contributed by atoms with Gasteiger partial charge in [0.05, 0.1) is 12.6 Å². The van der Waals surface area contributed by atoms with Gasteiger partial charge in [0.15, 0.2) is 0 Å². The van der Waals surface area contributed by atoms with Gasteiger partial charge in [-0.25, -0.2) is 0 Å². The van der Waals surface area contributed by atoms with Gasteiger partial charge in [0.25, 0.3) is 0 Å². The lowest BCUT2D eigenvalue weighted by Gasteiger charge is -2.27. The number of nitrogens with zero attached hydrogens (tertiary/aromatic N) is 1. The number of anilines is 2. The number of rotatable bonds is 2. The van der Waals surface area contributed by atoms with Crippen LogP contribution in [0.15, 0.2) is 18.2 Å². The van der Waals surface area contributed by atoms with Gasteiger partial charge in [-0.1, -0.05) is 0 Å². The minimum Gasteiger partial charge on any atom is -0.399 e. The van der Waals surface area contributed by atoms with Gasteiger partial charge in [0.2, 0.25) is 0 Å². The molecule has 1 aliphatic rings. The van der Waals surface area contributed by atoms with E-state index in [4.69, 9.17) is 10.5 Å². The average molecular weight is 206 g/mol. The smallest absolute Gasteiger partial charge is 0.0670 e. The Balaban J connectivity index is 2.20. The van der Waals surface area contributed by atoms with Crippen LogP contribution in [0.4, 0.5) is 11.4 Å². The van der Waals surface area contributed by atoms with E-state index >= 15 is 0 Å². The number of hydrogen-bond acceptors (Lipinski definition) is 3. The SMILES string of the molecule is Cc1cc(N)ccc1N(C)C1CCOC1. The minimum atomic E-state index is 0.507. The minimum absolute atomic E-state index is 0.507. The first kappa shape index (κ1) is 10.3.